The molecule has 0 aromatic heterocycles. The number of carbonyl (C=O) groups excluding carboxylic acids is 3. The van der Waals surface area contributed by atoms with E-state index in [1.807, 2.05) is 35.2 Å². The minimum atomic E-state index is -0.871. The van der Waals surface area contributed by atoms with Crippen LogP contribution in [-0.2, 0) is 9.59 Å². The third kappa shape index (κ3) is 4.53. The van der Waals surface area contributed by atoms with E-state index in [9.17, 15) is 24.5 Å². The predicted molar refractivity (Wildman–Crippen MR) is 130 cm³/mol. The van der Waals surface area contributed by atoms with Gasteiger partial charge in [0.2, 0.25) is 5.91 Å². The predicted octanol–water partition coefficient (Wildman–Crippen LogP) is 2.62. The maximum Gasteiger partial charge on any atom is 0.270 e. The van der Waals surface area contributed by atoms with Crippen LogP contribution in [-0.4, -0.2) is 83.3 Å². The van der Waals surface area contributed by atoms with Crippen molar-refractivity contribution in [1.29, 1.82) is 0 Å². The monoisotopic (exact) mass is 499 g/mol. The molecule has 0 unspecified atom stereocenters. The van der Waals surface area contributed by atoms with E-state index in [0.717, 1.165) is 11.8 Å². The SMILES string of the molecule is CN(C)C(=O)CN1CN(c2ccccc2)C2(CCN(C(=O)c3ccc([N+](=O)[O-])cc3Cl)CC2)C1=O. The summed E-state index contributed by atoms with van der Waals surface area (Å²) >= 11 is 6.17. The second-order valence-corrected chi connectivity index (χ2v) is 9.35. The maximum atomic E-state index is 13.7. The number of carbonyl (C=O) groups is 3. The van der Waals surface area contributed by atoms with Crippen LogP contribution >= 0.6 is 11.6 Å². The molecular weight excluding hydrogens is 474 g/mol. The Morgan fingerprint density at radius 3 is 2.34 bits per heavy atom. The molecule has 2 heterocycles. The van der Waals surface area contributed by atoms with Crippen molar-refractivity contribution in [2.24, 2.45) is 0 Å². The smallest absolute Gasteiger partial charge is 0.270 e. The van der Waals surface area contributed by atoms with Crippen molar-refractivity contribution in [2.45, 2.75) is 18.4 Å². The summed E-state index contributed by atoms with van der Waals surface area (Å²) in [5, 5.41) is 11.0. The highest BCUT2D eigenvalue weighted by Gasteiger charge is 2.54. The summed E-state index contributed by atoms with van der Waals surface area (Å²) < 4.78 is 0. The fourth-order valence-electron chi connectivity index (χ4n) is 4.67. The fourth-order valence-corrected chi connectivity index (χ4v) is 4.92. The number of hydrogen-bond donors (Lipinski definition) is 0. The molecule has 35 heavy (non-hydrogen) atoms. The minimum absolute atomic E-state index is 0.0146. The van der Waals surface area contributed by atoms with Gasteiger partial charge in [-0.05, 0) is 31.0 Å². The van der Waals surface area contributed by atoms with E-state index >= 15 is 0 Å². The van der Waals surface area contributed by atoms with Crippen LogP contribution in [0.2, 0.25) is 5.02 Å². The van der Waals surface area contributed by atoms with Gasteiger partial charge in [0.25, 0.3) is 17.5 Å². The number of nitro benzene ring substituents is 1. The molecule has 2 aliphatic rings. The average molecular weight is 500 g/mol. The molecule has 0 bridgehead atoms. The molecule has 2 aromatic rings. The van der Waals surface area contributed by atoms with Crippen molar-refractivity contribution in [1.82, 2.24) is 14.7 Å². The van der Waals surface area contributed by atoms with Crippen LogP contribution in [0.3, 0.4) is 0 Å². The van der Waals surface area contributed by atoms with Gasteiger partial charge in [0, 0.05) is 45.0 Å². The third-order valence-electron chi connectivity index (χ3n) is 6.68. The molecule has 2 aromatic carbocycles. The first-order valence-corrected chi connectivity index (χ1v) is 11.6. The molecular formula is C24H26ClN5O5. The fraction of sp³-hybridized carbons (Fsp3) is 0.375. The van der Waals surface area contributed by atoms with Crippen LogP contribution in [0.1, 0.15) is 23.2 Å². The Bertz CT molecular complexity index is 1160. The number of non-ortho nitro benzene ring substituents is 1. The summed E-state index contributed by atoms with van der Waals surface area (Å²) in [7, 11) is 3.31. The lowest BCUT2D eigenvalue weighted by molar-refractivity contribution is -0.384. The summed E-state index contributed by atoms with van der Waals surface area (Å²) in [4.78, 5) is 56.2. The van der Waals surface area contributed by atoms with Crippen molar-refractivity contribution >= 4 is 40.7 Å². The van der Waals surface area contributed by atoms with Crippen molar-refractivity contribution in [3.05, 3.63) is 69.2 Å². The number of nitro groups is 1. The topological polar surface area (TPSA) is 107 Å². The molecule has 1 spiro atoms. The lowest BCUT2D eigenvalue weighted by Gasteiger charge is -2.43. The Morgan fingerprint density at radius 2 is 1.77 bits per heavy atom. The molecule has 0 radical (unpaired) electrons. The van der Waals surface area contributed by atoms with E-state index in [4.69, 9.17) is 11.6 Å². The zero-order valence-corrected chi connectivity index (χ0v) is 20.3. The summed E-state index contributed by atoms with van der Waals surface area (Å²) in [6, 6.07) is 13.3. The van der Waals surface area contributed by atoms with Crippen LogP contribution in [0.5, 0.6) is 0 Å². The minimum Gasteiger partial charge on any atom is -0.347 e. The Hall–Kier alpha value is -3.66. The Labute approximate surface area is 207 Å². The molecule has 0 saturated carbocycles. The zero-order chi connectivity index (χ0) is 25.3. The summed E-state index contributed by atoms with van der Waals surface area (Å²) in [5.74, 6) is -0.628. The molecule has 11 heteroatoms. The number of anilines is 1. The van der Waals surface area contributed by atoms with Crippen LogP contribution in [0, 0.1) is 10.1 Å². The highest BCUT2D eigenvalue weighted by Crippen LogP contribution is 2.40. The molecule has 0 N–H and O–H groups in total. The number of para-hydroxylation sites is 1. The number of amides is 3. The maximum absolute atomic E-state index is 13.7. The lowest BCUT2D eigenvalue weighted by Crippen LogP contribution is -2.57. The van der Waals surface area contributed by atoms with E-state index in [-0.39, 0.29) is 47.2 Å². The number of piperidine rings is 1. The molecule has 0 aliphatic carbocycles. The second kappa shape index (κ2) is 9.53. The van der Waals surface area contributed by atoms with Crippen LogP contribution in [0.25, 0.3) is 0 Å². The van der Waals surface area contributed by atoms with E-state index < -0.39 is 10.5 Å². The number of hydrogen-bond acceptors (Lipinski definition) is 6. The Balaban J connectivity index is 1.56. The molecule has 10 nitrogen and oxygen atoms in total. The van der Waals surface area contributed by atoms with Gasteiger partial charge in [0.1, 0.15) is 12.1 Å². The van der Waals surface area contributed by atoms with E-state index in [0.29, 0.717) is 25.9 Å². The molecule has 2 aliphatic heterocycles. The Kier molecular flexibility index (Phi) is 6.66. The molecule has 2 fully saturated rings. The number of benzene rings is 2. The molecule has 3 amide bonds. The van der Waals surface area contributed by atoms with Crippen LogP contribution in [0.4, 0.5) is 11.4 Å². The average Bonchev–Trinajstić information content (AvgIpc) is 3.10. The first-order chi connectivity index (χ1) is 16.6. The van der Waals surface area contributed by atoms with Gasteiger partial charge in [-0.1, -0.05) is 29.8 Å². The number of rotatable bonds is 5. The van der Waals surface area contributed by atoms with E-state index in [1.165, 1.54) is 17.0 Å². The lowest BCUT2D eigenvalue weighted by atomic mass is 9.85. The van der Waals surface area contributed by atoms with E-state index in [2.05, 4.69) is 0 Å². The number of likely N-dealkylation sites (tertiary alicyclic amines) is 1. The second-order valence-electron chi connectivity index (χ2n) is 8.94. The highest BCUT2D eigenvalue weighted by molar-refractivity contribution is 6.34. The number of nitrogens with zero attached hydrogens (tertiary/aromatic N) is 5. The van der Waals surface area contributed by atoms with Crippen molar-refractivity contribution in [3.63, 3.8) is 0 Å². The normalized spacial score (nSPS) is 17.1. The van der Waals surface area contributed by atoms with Crippen molar-refractivity contribution < 1.29 is 19.3 Å². The summed E-state index contributed by atoms with van der Waals surface area (Å²) in [5.41, 5.74) is -0.00113. The van der Waals surface area contributed by atoms with Crippen molar-refractivity contribution in [2.75, 3.05) is 45.3 Å². The van der Waals surface area contributed by atoms with Gasteiger partial charge in [0.15, 0.2) is 0 Å². The standard InChI is InChI=1S/C24H26ClN5O5/c1-26(2)21(31)15-28-16-29(17-6-4-3-5-7-17)24(23(28)33)10-12-27(13-11-24)22(32)19-9-8-18(30(34)35)14-20(19)25/h3-9,14H,10-13,15-16H2,1-2H3. The number of likely N-dealkylation sites (N-methyl/N-ethyl adjacent to an activating group) is 1. The molecule has 2 saturated heterocycles. The first kappa shape index (κ1) is 24.5. The van der Waals surface area contributed by atoms with Gasteiger partial charge >= 0.3 is 0 Å². The summed E-state index contributed by atoms with van der Waals surface area (Å²) in [6.07, 6.45) is 0.757. The van der Waals surface area contributed by atoms with Crippen LogP contribution < -0.4 is 4.90 Å². The van der Waals surface area contributed by atoms with Gasteiger partial charge < -0.3 is 19.6 Å². The quantitative estimate of drug-likeness (QED) is 0.462. The first-order valence-electron chi connectivity index (χ1n) is 11.2. The molecule has 184 valence electrons. The highest BCUT2D eigenvalue weighted by atomic mass is 35.5. The van der Waals surface area contributed by atoms with Gasteiger partial charge in [0.05, 0.1) is 22.2 Å². The third-order valence-corrected chi connectivity index (χ3v) is 6.99. The largest absolute Gasteiger partial charge is 0.347 e. The van der Waals surface area contributed by atoms with Gasteiger partial charge in [-0.25, -0.2) is 0 Å². The van der Waals surface area contributed by atoms with Gasteiger partial charge in [-0.2, -0.15) is 0 Å². The zero-order valence-electron chi connectivity index (χ0n) is 19.5. The van der Waals surface area contributed by atoms with Crippen LogP contribution in [0.15, 0.2) is 48.5 Å². The van der Waals surface area contributed by atoms with Crippen molar-refractivity contribution in [3.8, 4) is 0 Å². The Morgan fingerprint density at radius 1 is 1.11 bits per heavy atom. The molecule has 0 atom stereocenters. The number of halogens is 1. The molecule has 4 rings (SSSR count). The summed E-state index contributed by atoms with van der Waals surface area (Å²) in [6.45, 7) is 0.871. The van der Waals surface area contributed by atoms with Gasteiger partial charge in [-0.3, -0.25) is 24.5 Å². The van der Waals surface area contributed by atoms with E-state index in [1.54, 1.807) is 23.9 Å². The van der Waals surface area contributed by atoms with Gasteiger partial charge in [-0.15, -0.1) is 0 Å².